The molecule has 1 aromatic rings. The highest BCUT2D eigenvalue weighted by atomic mass is 19.3. The Morgan fingerprint density at radius 2 is 1.94 bits per heavy atom. The smallest absolute Gasteiger partial charge is 0.379 e. The quantitative estimate of drug-likeness (QED) is 0.819. The van der Waals surface area contributed by atoms with Crippen molar-refractivity contribution in [2.24, 2.45) is 0 Å². The number of para-hydroxylation sites is 1. The molecule has 0 fully saturated rings. The van der Waals surface area contributed by atoms with Gasteiger partial charge in [0.1, 0.15) is 5.75 Å². The maximum Gasteiger partial charge on any atom is 0.379 e. The van der Waals surface area contributed by atoms with Crippen LogP contribution in [0, 0.1) is 0 Å². The first-order valence-corrected chi connectivity index (χ1v) is 4.72. The third-order valence-corrected chi connectivity index (χ3v) is 2.23. The van der Waals surface area contributed by atoms with E-state index in [0.29, 0.717) is 0 Å². The van der Waals surface area contributed by atoms with Gasteiger partial charge in [-0.25, -0.2) is 4.79 Å². The minimum atomic E-state index is -4.02. The van der Waals surface area contributed by atoms with Crippen molar-refractivity contribution >= 4 is 5.97 Å². The summed E-state index contributed by atoms with van der Waals surface area (Å²) >= 11 is 0. The number of carbonyl (C=O) groups is 1. The molecule has 1 rings (SSSR count). The molecule has 0 spiro atoms. The second-order valence-corrected chi connectivity index (χ2v) is 3.26. The number of carbonyl (C=O) groups excluding carboxylic acids is 1. The summed E-state index contributed by atoms with van der Waals surface area (Å²) in [7, 11) is 2.10. The van der Waals surface area contributed by atoms with Crippen LogP contribution in [0.4, 0.5) is 8.78 Å². The van der Waals surface area contributed by atoms with Crippen molar-refractivity contribution in [2.45, 2.75) is 12.0 Å². The summed E-state index contributed by atoms with van der Waals surface area (Å²) in [6, 6.07) is 5.67. The molecule has 1 N–H and O–H groups in total. The number of rotatable bonds is 4. The van der Waals surface area contributed by atoms with Gasteiger partial charge in [-0.2, -0.15) is 8.78 Å². The van der Waals surface area contributed by atoms with Crippen molar-refractivity contribution in [2.75, 3.05) is 14.2 Å². The van der Waals surface area contributed by atoms with Crippen molar-refractivity contribution < 1.29 is 28.2 Å². The maximum atomic E-state index is 13.4. The van der Waals surface area contributed by atoms with E-state index < -0.39 is 18.0 Å². The first-order valence-electron chi connectivity index (χ1n) is 4.72. The molecule has 0 saturated heterocycles. The summed E-state index contributed by atoms with van der Waals surface area (Å²) in [5.74, 6) is -5.75. The fraction of sp³-hybridized carbons (Fsp3) is 0.364. The topological polar surface area (TPSA) is 55.8 Å². The second kappa shape index (κ2) is 5.09. The highest BCUT2D eigenvalue weighted by Gasteiger charge is 2.49. The largest absolute Gasteiger partial charge is 0.496 e. The zero-order valence-electron chi connectivity index (χ0n) is 9.31. The zero-order valence-corrected chi connectivity index (χ0v) is 9.31. The van der Waals surface area contributed by atoms with Gasteiger partial charge in [-0.3, -0.25) is 0 Å². The predicted octanol–water partition coefficient (Wildman–Crippen LogP) is 1.54. The Labute approximate surface area is 96.8 Å². The summed E-state index contributed by atoms with van der Waals surface area (Å²) in [5, 5.41) is 9.53. The first kappa shape index (κ1) is 13.4. The Kier molecular flexibility index (Phi) is 4.01. The van der Waals surface area contributed by atoms with Crippen molar-refractivity contribution in [1.82, 2.24) is 0 Å². The van der Waals surface area contributed by atoms with Crippen LogP contribution < -0.4 is 4.74 Å². The molecule has 0 aliphatic heterocycles. The van der Waals surface area contributed by atoms with Gasteiger partial charge in [0.05, 0.1) is 14.2 Å². The number of hydrogen-bond acceptors (Lipinski definition) is 4. The van der Waals surface area contributed by atoms with E-state index in [4.69, 9.17) is 4.74 Å². The van der Waals surface area contributed by atoms with Gasteiger partial charge < -0.3 is 14.6 Å². The van der Waals surface area contributed by atoms with E-state index in [2.05, 4.69) is 4.74 Å². The SMILES string of the molecule is COC(=O)C(F)(F)[C@H](O)c1ccccc1OC. The van der Waals surface area contributed by atoms with E-state index in [-0.39, 0.29) is 11.3 Å². The van der Waals surface area contributed by atoms with Gasteiger partial charge in [0.2, 0.25) is 0 Å². The molecule has 17 heavy (non-hydrogen) atoms. The molecule has 1 aromatic carbocycles. The molecule has 0 bridgehead atoms. The zero-order chi connectivity index (χ0) is 13.1. The molecule has 4 nitrogen and oxygen atoms in total. The van der Waals surface area contributed by atoms with Crippen LogP contribution in [0.1, 0.15) is 11.7 Å². The predicted molar refractivity (Wildman–Crippen MR) is 54.9 cm³/mol. The van der Waals surface area contributed by atoms with E-state index in [1.165, 1.54) is 25.3 Å². The van der Waals surface area contributed by atoms with Gasteiger partial charge in [0, 0.05) is 5.56 Å². The van der Waals surface area contributed by atoms with Gasteiger partial charge in [-0.1, -0.05) is 18.2 Å². The lowest BCUT2D eigenvalue weighted by Gasteiger charge is -2.21. The standard InChI is InChI=1S/C11H12F2O4/c1-16-8-6-4-3-5-7(8)9(14)11(12,13)10(15)17-2/h3-6,9,14H,1-2H3/t9-/m1/s1. The van der Waals surface area contributed by atoms with E-state index in [0.717, 1.165) is 7.11 Å². The number of ether oxygens (including phenoxy) is 2. The van der Waals surface area contributed by atoms with E-state index >= 15 is 0 Å². The number of esters is 1. The number of halogens is 2. The summed E-state index contributed by atoms with van der Waals surface area (Å²) in [5.41, 5.74) is -0.176. The number of aliphatic hydroxyl groups is 1. The van der Waals surface area contributed by atoms with E-state index in [1.807, 2.05) is 0 Å². The summed E-state index contributed by atoms with van der Waals surface area (Å²) in [4.78, 5) is 10.9. The summed E-state index contributed by atoms with van der Waals surface area (Å²) in [6.45, 7) is 0. The molecule has 0 radical (unpaired) electrons. The van der Waals surface area contributed by atoms with Crippen molar-refractivity contribution in [3.63, 3.8) is 0 Å². The monoisotopic (exact) mass is 246 g/mol. The molecule has 0 saturated carbocycles. The van der Waals surface area contributed by atoms with E-state index in [1.54, 1.807) is 6.07 Å². The van der Waals surface area contributed by atoms with E-state index in [9.17, 15) is 18.7 Å². The molecule has 0 heterocycles. The highest BCUT2D eigenvalue weighted by Crippen LogP contribution is 2.36. The highest BCUT2D eigenvalue weighted by molar-refractivity contribution is 5.78. The molecule has 0 aromatic heterocycles. The van der Waals surface area contributed by atoms with Crippen LogP contribution in [0.3, 0.4) is 0 Å². The van der Waals surface area contributed by atoms with Crippen LogP contribution in [-0.4, -0.2) is 31.2 Å². The van der Waals surface area contributed by atoms with Crippen molar-refractivity contribution in [3.05, 3.63) is 29.8 Å². The van der Waals surface area contributed by atoms with Crippen LogP contribution in [0.2, 0.25) is 0 Å². The van der Waals surface area contributed by atoms with Crippen LogP contribution in [0.15, 0.2) is 24.3 Å². The van der Waals surface area contributed by atoms with Crippen molar-refractivity contribution in [3.8, 4) is 5.75 Å². The number of aliphatic hydroxyl groups excluding tert-OH is 1. The minimum Gasteiger partial charge on any atom is -0.496 e. The Bertz CT molecular complexity index is 406. The lowest BCUT2D eigenvalue weighted by atomic mass is 10.0. The third-order valence-electron chi connectivity index (χ3n) is 2.23. The molecule has 0 aliphatic carbocycles. The van der Waals surface area contributed by atoms with Crippen LogP contribution in [0.25, 0.3) is 0 Å². The molecule has 0 aliphatic rings. The number of benzene rings is 1. The molecule has 6 heteroatoms. The maximum absolute atomic E-state index is 13.4. The molecule has 94 valence electrons. The van der Waals surface area contributed by atoms with Gasteiger partial charge in [0.15, 0.2) is 6.10 Å². The third kappa shape index (κ3) is 2.52. The lowest BCUT2D eigenvalue weighted by Crippen LogP contribution is -2.36. The van der Waals surface area contributed by atoms with Gasteiger partial charge in [-0.15, -0.1) is 0 Å². The first-order chi connectivity index (χ1) is 7.95. The van der Waals surface area contributed by atoms with Gasteiger partial charge >= 0.3 is 11.9 Å². The Balaban J connectivity index is 3.11. The summed E-state index contributed by atoms with van der Waals surface area (Å²) in [6.07, 6.45) is -2.31. The molecular weight excluding hydrogens is 234 g/mol. The summed E-state index contributed by atoms with van der Waals surface area (Å²) < 4.78 is 35.6. The lowest BCUT2D eigenvalue weighted by molar-refractivity contribution is -0.186. The molecule has 1 atom stereocenters. The van der Waals surface area contributed by atoms with Gasteiger partial charge in [0.25, 0.3) is 0 Å². The average Bonchev–Trinajstić information content (AvgIpc) is 2.36. The Morgan fingerprint density at radius 3 is 2.47 bits per heavy atom. The fourth-order valence-electron chi connectivity index (χ4n) is 1.34. The number of hydrogen-bond donors (Lipinski definition) is 1. The van der Waals surface area contributed by atoms with Crippen molar-refractivity contribution in [1.29, 1.82) is 0 Å². The Hall–Kier alpha value is -1.69. The Morgan fingerprint density at radius 1 is 1.35 bits per heavy atom. The molecule has 0 unspecified atom stereocenters. The van der Waals surface area contributed by atoms with Gasteiger partial charge in [-0.05, 0) is 6.07 Å². The van der Waals surface area contributed by atoms with Crippen LogP contribution >= 0.6 is 0 Å². The number of alkyl halides is 2. The van der Waals surface area contributed by atoms with Crippen LogP contribution in [-0.2, 0) is 9.53 Å². The number of methoxy groups -OCH3 is 2. The average molecular weight is 246 g/mol. The normalized spacial score (nSPS) is 13.0. The minimum absolute atomic E-state index is 0.0728. The fourth-order valence-corrected chi connectivity index (χ4v) is 1.34. The molecule has 0 amide bonds. The van der Waals surface area contributed by atoms with Crippen LogP contribution in [0.5, 0.6) is 5.75 Å². The second-order valence-electron chi connectivity index (χ2n) is 3.26. The molecular formula is C11H12F2O4.